The first-order chi connectivity index (χ1) is 19.8. The molecule has 0 radical (unpaired) electrons. The van der Waals surface area contributed by atoms with Crippen molar-refractivity contribution in [2.75, 3.05) is 6.61 Å². The van der Waals surface area contributed by atoms with Crippen LogP contribution in [0.4, 0.5) is 0 Å². The largest absolute Gasteiger partial charge is 0.368 e. The predicted molar refractivity (Wildman–Crippen MR) is 150 cm³/mol. The molecule has 4 aromatic rings. The molecule has 0 amide bonds. The van der Waals surface area contributed by atoms with Gasteiger partial charge >= 0.3 is 0 Å². The van der Waals surface area contributed by atoms with Crippen molar-refractivity contribution in [1.29, 1.82) is 0 Å². The van der Waals surface area contributed by atoms with Gasteiger partial charge in [0.05, 0.1) is 26.4 Å². The molecule has 6 nitrogen and oxygen atoms in total. The Balaban J connectivity index is 1.27. The van der Waals surface area contributed by atoms with Gasteiger partial charge < -0.3 is 28.4 Å². The second kappa shape index (κ2) is 13.3. The van der Waals surface area contributed by atoms with E-state index in [0.29, 0.717) is 26.4 Å². The van der Waals surface area contributed by atoms with Gasteiger partial charge in [-0.3, -0.25) is 0 Å². The molecule has 0 bridgehead atoms. The van der Waals surface area contributed by atoms with Crippen LogP contribution in [0, 0.1) is 0 Å². The lowest BCUT2D eigenvalue weighted by molar-refractivity contribution is -0.374. The van der Waals surface area contributed by atoms with E-state index in [1.807, 2.05) is 109 Å². The summed E-state index contributed by atoms with van der Waals surface area (Å²) in [6.07, 6.45) is -2.99. The van der Waals surface area contributed by atoms with E-state index in [0.717, 1.165) is 22.3 Å². The number of hydrogen-bond acceptors (Lipinski definition) is 6. The maximum Gasteiger partial charge on any atom is 0.187 e. The minimum absolute atomic E-state index is 0.353. The zero-order valence-electron chi connectivity index (χ0n) is 22.3. The van der Waals surface area contributed by atoms with Crippen LogP contribution in [0.15, 0.2) is 121 Å². The van der Waals surface area contributed by atoms with Crippen molar-refractivity contribution in [3.05, 3.63) is 144 Å². The molecule has 2 heterocycles. The second-order valence-corrected chi connectivity index (χ2v) is 10.0. The average Bonchev–Trinajstić information content (AvgIpc) is 3.03. The molecule has 0 aromatic heterocycles. The highest BCUT2D eigenvalue weighted by Crippen LogP contribution is 2.37. The molecule has 40 heavy (non-hydrogen) atoms. The van der Waals surface area contributed by atoms with E-state index in [-0.39, 0.29) is 6.10 Å². The Labute approximate surface area is 235 Å². The van der Waals surface area contributed by atoms with Gasteiger partial charge in [-0.2, -0.15) is 0 Å². The standard InChI is InChI=1S/C34H34O6/c1-5-13-25(14-6-1)21-35-31-30-29(24-38-33(40-30)28-19-11-4-12-20-28)39-34(37-23-27-17-9-3-10-18-27)32(31)36-22-26-15-7-2-8-16-26/h1-20,29-34H,21-24H2/t29-,30-,31+,32-,33?,34?/m1/s1. The Hall–Kier alpha value is -3.36. The van der Waals surface area contributed by atoms with Crippen LogP contribution >= 0.6 is 0 Å². The maximum atomic E-state index is 6.64. The fourth-order valence-corrected chi connectivity index (χ4v) is 5.11. The van der Waals surface area contributed by atoms with E-state index in [4.69, 9.17) is 28.4 Å². The lowest BCUT2D eigenvalue weighted by atomic mass is 9.97. The van der Waals surface area contributed by atoms with Crippen LogP contribution in [-0.2, 0) is 48.2 Å². The zero-order chi connectivity index (χ0) is 27.0. The number of fused-ring (bicyclic) bond motifs is 1. The quantitative estimate of drug-likeness (QED) is 0.239. The summed E-state index contributed by atoms with van der Waals surface area (Å²) in [5.74, 6) is 0. The SMILES string of the molecule is c1ccc(COC2O[C@@H]3COC(c4ccccc4)O[C@H]3[C@H](OCc3ccccc3)[C@H]2OCc2ccccc2)cc1. The van der Waals surface area contributed by atoms with Crippen molar-refractivity contribution in [2.45, 2.75) is 56.8 Å². The zero-order valence-corrected chi connectivity index (χ0v) is 22.3. The fourth-order valence-electron chi connectivity index (χ4n) is 5.11. The summed E-state index contributed by atoms with van der Waals surface area (Å²) in [5, 5.41) is 0. The molecule has 2 fully saturated rings. The highest BCUT2D eigenvalue weighted by molar-refractivity contribution is 5.18. The normalized spacial score (nSPS) is 26.2. The van der Waals surface area contributed by atoms with Gasteiger partial charge in [0.25, 0.3) is 0 Å². The molecule has 0 saturated carbocycles. The topological polar surface area (TPSA) is 55.4 Å². The van der Waals surface area contributed by atoms with Crippen molar-refractivity contribution in [1.82, 2.24) is 0 Å². The Kier molecular flexibility index (Phi) is 8.95. The highest BCUT2D eigenvalue weighted by Gasteiger charge is 2.51. The summed E-state index contributed by atoms with van der Waals surface area (Å²) < 4.78 is 38.8. The van der Waals surface area contributed by atoms with E-state index in [1.54, 1.807) is 0 Å². The molecule has 2 saturated heterocycles. The third-order valence-corrected chi connectivity index (χ3v) is 7.18. The van der Waals surface area contributed by atoms with E-state index in [2.05, 4.69) is 12.1 Å². The molecule has 6 rings (SSSR count). The molecule has 6 atom stereocenters. The first kappa shape index (κ1) is 26.8. The Morgan fingerprint density at radius 3 is 1.55 bits per heavy atom. The highest BCUT2D eigenvalue weighted by atomic mass is 16.8. The molecule has 2 unspecified atom stereocenters. The van der Waals surface area contributed by atoms with Gasteiger partial charge in [-0.1, -0.05) is 121 Å². The fraction of sp³-hybridized carbons (Fsp3) is 0.294. The minimum atomic E-state index is -0.675. The smallest absolute Gasteiger partial charge is 0.187 e. The maximum absolute atomic E-state index is 6.64. The minimum Gasteiger partial charge on any atom is -0.368 e. The van der Waals surface area contributed by atoms with Gasteiger partial charge in [0.2, 0.25) is 0 Å². The summed E-state index contributed by atoms with van der Waals surface area (Å²) in [7, 11) is 0. The Bertz CT molecular complexity index is 1290. The van der Waals surface area contributed by atoms with Gasteiger partial charge in [0, 0.05) is 5.56 Å². The molecular formula is C34H34O6. The van der Waals surface area contributed by atoms with Gasteiger partial charge in [0.15, 0.2) is 12.6 Å². The van der Waals surface area contributed by atoms with Crippen LogP contribution < -0.4 is 0 Å². The van der Waals surface area contributed by atoms with Gasteiger partial charge in [-0.25, -0.2) is 0 Å². The molecular weight excluding hydrogens is 504 g/mol. The molecule has 4 aromatic carbocycles. The molecule has 0 aliphatic carbocycles. The van der Waals surface area contributed by atoms with Crippen LogP contribution in [0.1, 0.15) is 28.5 Å². The number of rotatable bonds is 10. The first-order valence-electron chi connectivity index (χ1n) is 13.8. The Morgan fingerprint density at radius 2 is 1.00 bits per heavy atom. The summed E-state index contributed by atoms with van der Waals surface area (Å²) >= 11 is 0. The monoisotopic (exact) mass is 538 g/mol. The second-order valence-electron chi connectivity index (χ2n) is 10.0. The van der Waals surface area contributed by atoms with Gasteiger partial charge in [-0.05, 0) is 16.7 Å². The van der Waals surface area contributed by atoms with E-state index < -0.39 is 30.9 Å². The van der Waals surface area contributed by atoms with Crippen molar-refractivity contribution in [3.8, 4) is 0 Å². The van der Waals surface area contributed by atoms with E-state index >= 15 is 0 Å². The number of hydrogen-bond donors (Lipinski definition) is 0. The molecule has 2 aliphatic heterocycles. The number of benzene rings is 4. The van der Waals surface area contributed by atoms with Crippen LogP contribution in [0.3, 0.4) is 0 Å². The van der Waals surface area contributed by atoms with Crippen LogP contribution in [0.2, 0.25) is 0 Å². The van der Waals surface area contributed by atoms with Crippen molar-refractivity contribution < 1.29 is 28.4 Å². The Morgan fingerprint density at radius 1 is 0.525 bits per heavy atom. The van der Waals surface area contributed by atoms with Gasteiger partial charge in [-0.15, -0.1) is 0 Å². The average molecular weight is 539 g/mol. The molecule has 0 spiro atoms. The molecule has 6 heteroatoms. The summed E-state index contributed by atoms with van der Waals surface area (Å²) in [4.78, 5) is 0. The molecule has 0 N–H and O–H groups in total. The van der Waals surface area contributed by atoms with Crippen molar-refractivity contribution in [3.63, 3.8) is 0 Å². The summed E-state index contributed by atoms with van der Waals surface area (Å²) in [6, 6.07) is 40.2. The summed E-state index contributed by atoms with van der Waals surface area (Å²) in [6.45, 7) is 1.53. The van der Waals surface area contributed by atoms with Crippen LogP contribution in [-0.4, -0.2) is 37.3 Å². The van der Waals surface area contributed by atoms with Gasteiger partial charge in [0.1, 0.15) is 24.4 Å². The van der Waals surface area contributed by atoms with E-state index in [9.17, 15) is 0 Å². The van der Waals surface area contributed by atoms with Crippen LogP contribution in [0.25, 0.3) is 0 Å². The predicted octanol–water partition coefficient (Wildman–Crippen LogP) is 6.21. The number of ether oxygens (including phenoxy) is 6. The van der Waals surface area contributed by atoms with Crippen molar-refractivity contribution in [2.24, 2.45) is 0 Å². The lowest BCUT2D eigenvalue weighted by Gasteiger charge is -2.49. The summed E-state index contributed by atoms with van der Waals surface area (Å²) in [5.41, 5.74) is 4.13. The third kappa shape index (κ3) is 6.67. The first-order valence-corrected chi connectivity index (χ1v) is 13.8. The van der Waals surface area contributed by atoms with E-state index in [1.165, 1.54) is 0 Å². The van der Waals surface area contributed by atoms with Crippen LogP contribution in [0.5, 0.6) is 0 Å². The molecule has 2 aliphatic rings. The van der Waals surface area contributed by atoms with Crippen molar-refractivity contribution >= 4 is 0 Å². The third-order valence-electron chi connectivity index (χ3n) is 7.18. The lowest BCUT2D eigenvalue weighted by Crippen LogP contribution is -2.63. The molecule has 206 valence electrons.